The number of benzene rings is 2. The molecule has 0 spiro atoms. The summed E-state index contributed by atoms with van der Waals surface area (Å²) in [4.78, 5) is 14.8. The van der Waals surface area contributed by atoms with E-state index >= 15 is 0 Å². The fourth-order valence-electron chi connectivity index (χ4n) is 2.79. The normalized spacial score (nSPS) is 10.6. The van der Waals surface area contributed by atoms with Crippen LogP contribution in [0, 0.1) is 0 Å². The van der Waals surface area contributed by atoms with Crippen LogP contribution in [0.2, 0.25) is 0 Å². The van der Waals surface area contributed by atoms with E-state index in [9.17, 15) is 9.90 Å². The van der Waals surface area contributed by atoms with Crippen LogP contribution < -0.4 is 0 Å². The van der Waals surface area contributed by atoms with Gasteiger partial charge in [0.2, 0.25) is 0 Å². The van der Waals surface area contributed by atoms with Crippen LogP contribution in [0.25, 0.3) is 22.3 Å². The first-order valence-corrected chi connectivity index (χ1v) is 7.31. The molecule has 0 unspecified atom stereocenters. The first-order chi connectivity index (χ1) is 10.7. The summed E-state index contributed by atoms with van der Waals surface area (Å²) in [6.45, 7) is 2.03. The molecule has 3 heteroatoms. The van der Waals surface area contributed by atoms with Gasteiger partial charge in [-0.15, -0.1) is 0 Å². The van der Waals surface area contributed by atoms with Gasteiger partial charge in [-0.25, -0.2) is 4.79 Å². The van der Waals surface area contributed by atoms with Crippen LogP contribution in [0.4, 0.5) is 0 Å². The Morgan fingerprint density at radius 3 is 1.86 bits per heavy atom. The molecule has 1 heterocycles. The standard InChI is InChI=1S/C19H17NO2/c1-2-15-16(13-9-5-3-6-10-13)17(18(20-15)19(21)22)14-11-7-4-8-12-14/h3-12,20H,2H2,1H3,(H,21,22). The molecule has 2 N–H and O–H groups in total. The monoisotopic (exact) mass is 291 g/mol. The first-order valence-electron chi connectivity index (χ1n) is 7.31. The fourth-order valence-corrected chi connectivity index (χ4v) is 2.79. The highest BCUT2D eigenvalue weighted by Crippen LogP contribution is 2.38. The summed E-state index contributed by atoms with van der Waals surface area (Å²) in [5.74, 6) is -0.935. The van der Waals surface area contributed by atoms with Crippen molar-refractivity contribution in [2.75, 3.05) is 0 Å². The van der Waals surface area contributed by atoms with Crippen molar-refractivity contribution >= 4 is 5.97 Å². The lowest BCUT2D eigenvalue weighted by atomic mass is 9.94. The summed E-state index contributed by atoms with van der Waals surface area (Å²) in [7, 11) is 0. The molecule has 0 fully saturated rings. The minimum absolute atomic E-state index is 0.252. The lowest BCUT2D eigenvalue weighted by Crippen LogP contribution is -1.99. The molecule has 0 amide bonds. The maximum atomic E-state index is 11.7. The van der Waals surface area contributed by atoms with Crippen LogP contribution in [0.3, 0.4) is 0 Å². The molecule has 110 valence electrons. The van der Waals surface area contributed by atoms with Crippen LogP contribution in [0.5, 0.6) is 0 Å². The van der Waals surface area contributed by atoms with E-state index in [0.29, 0.717) is 0 Å². The summed E-state index contributed by atoms with van der Waals surface area (Å²) < 4.78 is 0. The molecule has 3 aromatic rings. The summed E-state index contributed by atoms with van der Waals surface area (Å²) >= 11 is 0. The Morgan fingerprint density at radius 1 is 0.909 bits per heavy atom. The molecular weight excluding hydrogens is 274 g/mol. The highest BCUT2D eigenvalue weighted by atomic mass is 16.4. The molecule has 2 aromatic carbocycles. The number of H-pyrrole nitrogens is 1. The van der Waals surface area contributed by atoms with Crippen LogP contribution in [-0.2, 0) is 6.42 Å². The zero-order valence-electron chi connectivity index (χ0n) is 12.3. The molecule has 0 radical (unpaired) electrons. The van der Waals surface area contributed by atoms with Gasteiger partial charge in [0.1, 0.15) is 5.69 Å². The van der Waals surface area contributed by atoms with Crippen molar-refractivity contribution in [2.24, 2.45) is 0 Å². The minimum Gasteiger partial charge on any atom is -0.477 e. The molecule has 0 saturated heterocycles. The van der Waals surface area contributed by atoms with Gasteiger partial charge >= 0.3 is 5.97 Å². The van der Waals surface area contributed by atoms with Crippen molar-refractivity contribution in [1.29, 1.82) is 0 Å². The molecule has 0 bridgehead atoms. The Kier molecular flexibility index (Phi) is 3.79. The molecule has 3 nitrogen and oxygen atoms in total. The third kappa shape index (κ3) is 2.42. The second kappa shape index (κ2) is 5.90. The van der Waals surface area contributed by atoms with Crippen LogP contribution >= 0.6 is 0 Å². The average Bonchev–Trinajstić information content (AvgIpc) is 2.96. The lowest BCUT2D eigenvalue weighted by molar-refractivity contribution is 0.0692. The van der Waals surface area contributed by atoms with Gasteiger partial charge in [0, 0.05) is 16.8 Å². The number of rotatable bonds is 4. The van der Waals surface area contributed by atoms with Crippen molar-refractivity contribution in [3.63, 3.8) is 0 Å². The summed E-state index contributed by atoms with van der Waals surface area (Å²) in [6, 6.07) is 19.6. The Hall–Kier alpha value is -2.81. The molecule has 3 rings (SSSR count). The van der Waals surface area contributed by atoms with Gasteiger partial charge in [0.25, 0.3) is 0 Å². The maximum absolute atomic E-state index is 11.7. The van der Waals surface area contributed by atoms with E-state index in [1.54, 1.807) is 0 Å². The van der Waals surface area contributed by atoms with E-state index < -0.39 is 5.97 Å². The largest absolute Gasteiger partial charge is 0.477 e. The molecule has 0 saturated carbocycles. The fraction of sp³-hybridized carbons (Fsp3) is 0.105. The molecule has 0 aliphatic carbocycles. The van der Waals surface area contributed by atoms with Gasteiger partial charge in [-0.1, -0.05) is 67.6 Å². The number of aromatic amines is 1. The first kappa shape index (κ1) is 14.1. The third-order valence-corrected chi connectivity index (χ3v) is 3.77. The highest BCUT2D eigenvalue weighted by Gasteiger charge is 2.22. The summed E-state index contributed by atoms with van der Waals surface area (Å²) in [5, 5.41) is 9.58. The van der Waals surface area contributed by atoms with Gasteiger partial charge in [-0.3, -0.25) is 0 Å². The predicted molar refractivity (Wildman–Crippen MR) is 88.0 cm³/mol. The molecular formula is C19H17NO2. The van der Waals surface area contributed by atoms with E-state index in [1.807, 2.05) is 67.6 Å². The van der Waals surface area contributed by atoms with Crippen LogP contribution in [-0.4, -0.2) is 16.1 Å². The molecule has 22 heavy (non-hydrogen) atoms. The van der Waals surface area contributed by atoms with Crippen LogP contribution in [0.1, 0.15) is 23.1 Å². The zero-order valence-corrected chi connectivity index (χ0v) is 12.3. The second-order valence-corrected chi connectivity index (χ2v) is 5.12. The predicted octanol–water partition coefficient (Wildman–Crippen LogP) is 4.61. The number of nitrogens with one attached hydrogen (secondary N) is 1. The average molecular weight is 291 g/mol. The van der Waals surface area contributed by atoms with Crippen molar-refractivity contribution in [2.45, 2.75) is 13.3 Å². The quantitative estimate of drug-likeness (QED) is 0.737. The smallest absolute Gasteiger partial charge is 0.352 e. The summed E-state index contributed by atoms with van der Waals surface area (Å²) in [5.41, 5.74) is 4.88. The van der Waals surface area contributed by atoms with Crippen molar-refractivity contribution in [3.8, 4) is 22.3 Å². The number of carbonyl (C=O) groups is 1. The van der Waals surface area contributed by atoms with Gasteiger partial charge in [0.15, 0.2) is 0 Å². The number of aromatic carboxylic acids is 1. The number of hydrogen-bond acceptors (Lipinski definition) is 1. The third-order valence-electron chi connectivity index (χ3n) is 3.77. The second-order valence-electron chi connectivity index (χ2n) is 5.12. The van der Waals surface area contributed by atoms with E-state index in [0.717, 1.165) is 34.4 Å². The SMILES string of the molecule is CCc1[nH]c(C(=O)O)c(-c2ccccc2)c1-c1ccccc1. The number of aryl methyl sites for hydroxylation is 1. The lowest BCUT2D eigenvalue weighted by Gasteiger charge is -2.08. The molecule has 1 aromatic heterocycles. The summed E-state index contributed by atoms with van der Waals surface area (Å²) in [6.07, 6.45) is 0.747. The van der Waals surface area contributed by atoms with E-state index in [4.69, 9.17) is 0 Å². The Balaban J connectivity index is 2.34. The van der Waals surface area contributed by atoms with Gasteiger partial charge in [-0.2, -0.15) is 0 Å². The number of aromatic nitrogens is 1. The maximum Gasteiger partial charge on any atom is 0.352 e. The molecule has 0 aliphatic rings. The van der Waals surface area contributed by atoms with E-state index in [2.05, 4.69) is 4.98 Å². The van der Waals surface area contributed by atoms with Crippen molar-refractivity contribution < 1.29 is 9.90 Å². The zero-order chi connectivity index (χ0) is 15.5. The molecule has 0 atom stereocenters. The topological polar surface area (TPSA) is 53.1 Å². The highest BCUT2D eigenvalue weighted by molar-refractivity contribution is 6.01. The Labute approximate surface area is 129 Å². The van der Waals surface area contributed by atoms with Crippen molar-refractivity contribution in [1.82, 2.24) is 4.98 Å². The Morgan fingerprint density at radius 2 is 1.41 bits per heavy atom. The number of carboxylic acid groups (broad SMARTS) is 1. The van der Waals surface area contributed by atoms with Gasteiger partial charge < -0.3 is 10.1 Å². The van der Waals surface area contributed by atoms with Crippen LogP contribution in [0.15, 0.2) is 60.7 Å². The molecule has 0 aliphatic heterocycles. The van der Waals surface area contributed by atoms with E-state index in [1.165, 1.54) is 0 Å². The van der Waals surface area contributed by atoms with Gasteiger partial charge in [0.05, 0.1) is 0 Å². The minimum atomic E-state index is -0.935. The van der Waals surface area contributed by atoms with E-state index in [-0.39, 0.29) is 5.69 Å². The van der Waals surface area contributed by atoms with Gasteiger partial charge in [-0.05, 0) is 17.5 Å². The number of carboxylic acids is 1. The number of hydrogen-bond donors (Lipinski definition) is 2. The van der Waals surface area contributed by atoms with Crippen molar-refractivity contribution in [3.05, 3.63) is 72.1 Å². The Bertz CT molecular complexity index is 789.